The van der Waals surface area contributed by atoms with Crippen molar-refractivity contribution in [3.05, 3.63) is 0 Å². The van der Waals surface area contributed by atoms with E-state index in [1.54, 1.807) is 13.8 Å². The molecule has 2 atom stereocenters. The van der Waals surface area contributed by atoms with Gasteiger partial charge in [0, 0.05) is 0 Å². The van der Waals surface area contributed by atoms with Crippen LogP contribution in [0.25, 0.3) is 0 Å². The Morgan fingerprint density at radius 2 is 1.87 bits per heavy atom. The van der Waals surface area contributed by atoms with Crippen LogP contribution in [0.1, 0.15) is 40.0 Å². The van der Waals surface area contributed by atoms with Crippen LogP contribution >= 0.6 is 0 Å². The van der Waals surface area contributed by atoms with Gasteiger partial charge in [0.2, 0.25) is 0 Å². The fourth-order valence-electron chi connectivity index (χ4n) is 3.01. The molecular weight excluding hydrogens is 196 g/mol. The molecule has 0 spiro atoms. The molecule has 1 rings (SSSR count). The highest BCUT2D eigenvalue weighted by Crippen LogP contribution is 2.58. The third-order valence-electron chi connectivity index (χ3n) is 4.28. The Bertz CT molecular complexity index is 295. The van der Waals surface area contributed by atoms with E-state index in [9.17, 15) is 14.7 Å². The first kappa shape index (κ1) is 12.0. The fourth-order valence-corrected chi connectivity index (χ4v) is 3.01. The molecule has 4 heteroatoms. The Hall–Kier alpha value is -1.06. The van der Waals surface area contributed by atoms with E-state index < -0.39 is 28.7 Å². The van der Waals surface area contributed by atoms with Crippen LogP contribution in [-0.4, -0.2) is 22.2 Å². The molecule has 0 radical (unpaired) electrons. The molecule has 0 aliphatic heterocycles. The molecule has 0 amide bonds. The van der Waals surface area contributed by atoms with Gasteiger partial charge in [-0.2, -0.15) is 0 Å². The molecule has 86 valence electrons. The summed E-state index contributed by atoms with van der Waals surface area (Å²) in [7, 11) is 0. The lowest BCUT2D eigenvalue weighted by Gasteiger charge is -2.39. The van der Waals surface area contributed by atoms with Gasteiger partial charge >= 0.3 is 11.9 Å². The highest BCUT2D eigenvalue weighted by molar-refractivity contribution is 5.80. The van der Waals surface area contributed by atoms with Gasteiger partial charge in [-0.25, -0.2) is 0 Å². The maximum Gasteiger partial charge on any atom is 0.310 e. The summed E-state index contributed by atoms with van der Waals surface area (Å²) in [6.45, 7) is 5.34. The number of carboxylic acids is 2. The van der Waals surface area contributed by atoms with Crippen molar-refractivity contribution in [3.8, 4) is 0 Å². The zero-order valence-electron chi connectivity index (χ0n) is 9.41. The van der Waals surface area contributed by atoms with Gasteiger partial charge in [-0.15, -0.1) is 0 Å². The third-order valence-corrected chi connectivity index (χ3v) is 4.28. The number of aliphatic carboxylic acids is 2. The van der Waals surface area contributed by atoms with Crippen LogP contribution in [0.15, 0.2) is 0 Å². The monoisotopic (exact) mass is 214 g/mol. The van der Waals surface area contributed by atoms with Crippen LogP contribution in [0.5, 0.6) is 0 Å². The van der Waals surface area contributed by atoms with Crippen LogP contribution in [-0.2, 0) is 9.59 Å². The maximum atomic E-state index is 11.3. The molecule has 1 fully saturated rings. The van der Waals surface area contributed by atoms with E-state index in [2.05, 4.69) is 0 Å². The number of rotatable bonds is 3. The van der Waals surface area contributed by atoms with Crippen LogP contribution < -0.4 is 0 Å². The Kier molecular flexibility index (Phi) is 2.81. The molecule has 1 aliphatic carbocycles. The first-order valence-electron chi connectivity index (χ1n) is 5.26. The minimum absolute atomic E-state index is 0.461. The molecule has 0 aromatic heterocycles. The molecule has 0 saturated heterocycles. The second-order valence-corrected chi connectivity index (χ2v) is 4.89. The summed E-state index contributed by atoms with van der Waals surface area (Å²) in [6, 6.07) is 0. The fraction of sp³-hybridized carbons (Fsp3) is 0.818. The quantitative estimate of drug-likeness (QED) is 0.753. The van der Waals surface area contributed by atoms with Crippen LogP contribution in [0.4, 0.5) is 0 Å². The standard InChI is InChI=1S/C11H18O4/c1-4-11(9(14)15)6-5-7(8(12)13)10(11,2)3/h7H,4-6H2,1-3H3,(H,12,13)(H,14,15). The van der Waals surface area contributed by atoms with E-state index in [1.165, 1.54) is 0 Å². The van der Waals surface area contributed by atoms with Gasteiger partial charge in [-0.3, -0.25) is 9.59 Å². The molecule has 1 saturated carbocycles. The summed E-state index contributed by atoms with van der Waals surface area (Å²) < 4.78 is 0. The summed E-state index contributed by atoms with van der Waals surface area (Å²) in [5.74, 6) is -2.29. The minimum atomic E-state index is -0.879. The number of hydrogen-bond donors (Lipinski definition) is 2. The van der Waals surface area contributed by atoms with Gasteiger partial charge in [0.05, 0.1) is 11.3 Å². The van der Waals surface area contributed by atoms with E-state index in [0.717, 1.165) is 0 Å². The molecule has 0 aromatic carbocycles. The molecular formula is C11H18O4. The maximum absolute atomic E-state index is 11.3. The molecule has 1 aliphatic rings. The number of hydrogen-bond acceptors (Lipinski definition) is 2. The SMILES string of the molecule is CCC1(C(=O)O)CCC(C(=O)O)C1(C)C. The average molecular weight is 214 g/mol. The minimum Gasteiger partial charge on any atom is -0.481 e. The first-order valence-corrected chi connectivity index (χ1v) is 5.26. The van der Waals surface area contributed by atoms with Crippen molar-refractivity contribution in [2.75, 3.05) is 0 Å². The Morgan fingerprint density at radius 1 is 1.33 bits per heavy atom. The number of carboxylic acid groups (broad SMARTS) is 2. The van der Waals surface area contributed by atoms with Gasteiger partial charge < -0.3 is 10.2 Å². The molecule has 0 bridgehead atoms. The molecule has 0 aromatic rings. The highest BCUT2D eigenvalue weighted by atomic mass is 16.4. The van der Waals surface area contributed by atoms with Crippen LogP contribution in [0.3, 0.4) is 0 Å². The average Bonchev–Trinajstić information content (AvgIpc) is 2.37. The lowest BCUT2D eigenvalue weighted by Crippen LogP contribution is -2.44. The smallest absolute Gasteiger partial charge is 0.310 e. The van der Waals surface area contributed by atoms with Gasteiger partial charge in [-0.1, -0.05) is 20.8 Å². The predicted molar refractivity (Wildman–Crippen MR) is 54.5 cm³/mol. The van der Waals surface area contributed by atoms with Gasteiger partial charge in [0.15, 0.2) is 0 Å². The normalized spacial score (nSPS) is 33.9. The summed E-state index contributed by atoms with van der Waals surface area (Å²) in [6.07, 6.45) is 1.41. The van der Waals surface area contributed by atoms with E-state index in [4.69, 9.17) is 5.11 Å². The molecule has 4 nitrogen and oxygen atoms in total. The second kappa shape index (κ2) is 3.51. The topological polar surface area (TPSA) is 74.6 Å². The van der Waals surface area contributed by atoms with Crippen molar-refractivity contribution in [2.45, 2.75) is 40.0 Å². The summed E-state index contributed by atoms with van der Waals surface area (Å²) in [5.41, 5.74) is -1.56. The molecule has 2 N–H and O–H groups in total. The van der Waals surface area contributed by atoms with E-state index in [0.29, 0.717) is 19.3 Å². The van der Waals surface area contributed by atoms with Crippen molar-refractivity contribution in [3.63, 3.8) is 0 Å². The van der Waals surface area contributed by atoms with Crippen molar-refractivity contribution in [1.29, 1.82) is 0 Å². The van der Waals surface area contributed by atoms with Crippen molar-refractivity contribution in [1.82, 2.24) is 0 Å². The lowest BCUT2D eigenvalue weighted by molar-refractivity contribution is -0.159. The van der Waals surface area contributed by atoms with Gasteiger partial charge in [-0.05, 0) is 24.7 Å². The predicted octanol–water partition coefficient (Wildman–Crippen LogP) is 1.99. The summed E-state index contributed by atoms with van der Waals surface area (Å²) in [5, 5.41) is 18.4. The van der Waals surface area contributed by atoms with Crippen molar-refractivity contribution in [2.24, 2.45) is 16.7 Å². The van der Waals surface area contributed by atoms with Crippen molar-refractivity contribution >= 4 is 11.9 Å². The Morgan fingerprint density at radius 3 is 2.07 bits per heavy atom. The summed E-state index contributed by atoms with van der Waals surface area (Å²) >= 11 is 0. The van der Waals surface area contributed by atoms with Crippen molar-refractivity contribution < 1.29 is 19.8 Å². The van der Waals surface area contributed by atoms with E-state index in [-0.39, 0.29) is 0 Å². The van der Waals surface area contributed by atoms with E-state index in [1.807, 2.05) is 6.92 Å². The molecule has 15 heavy (non-hydrogen) atoms. The third kappa shape index (κ3) is 1.43. The van der Waals surface area contributed by atoms with Crippen LogP contribution in [0.2, 0.25) is 0 Å². The molecule has 0 heterocycles. The molecule has 2 unspecified atom stereocenters. The largest absolute Gasteiger partial charge is 0.481 e. The summed E-state index contributed by atoms with van der Waals surface area (Å²) in [4.78, 5) is 22.4. The highest BCUT2D eigenvalue weighted by Gasteiger charge is 2.60. The second-order valence-electron chi connectivity index (χ2n) is 4.89. The van der Waals surface area contributed by atoms with E-state index >= 15 is 0 Å². The van der Waals surface area contributed by atoms with Gasteiger partial charge in [0.1, 0.15) is 0 Å². The Balaban J connectivity index is 3.15. The zero-order valence-corrected chi connectivity index (χ0v) is 9.41. The van der Waals surface area contributed by atoms with Crippen LogP contribution in [0, 0.1) is 16.7 Å². The number of carbonyl (C=O) groups is 2. The zero-order chi connectivity index (χ0) is 11.9. The lowest BCUT2D eigenvalue weighted by atomic mass is 9.63. The van der Waals surface area contributed by atoms with Gasteiger partial charge in [0.25, 0.3) is 0 Å². The first-order chi connectivity index (χ1) is 6.79. The Labute approximate surface area is 89.3 Å².